The Bertz CT molecular complexity index is 3030. The molecule has 4 aromatic heterocycles. The Kier molecular flexibility index (Phi) is 6.05. The van der Waals surface area contributed by atoms with Gasteiger partial charge in [0.05, 0.1) is 11.0 Å². The smallest absolute Gasteiger partial charge is 0.164 e. The lowest BCUT2D eigenvalue weighted by atomic mass is 10.1. The number of para-hydroxylation sites is 2. The molecule has 4 heterocycles. The van der Waals surface area contributed by atoms with Gasteiger partial charge in [0.2, 0.25) is 0 Å². The number of hydrogen-bond acceptors (Lipinski definition) is 5. The van der Waals surface area contributed by atoms with Crippen molar-refractivity contribution in [2.24, 2.45) is 0 Å². The van der Waals surface area contributed by atoms with E-state index >= 15 is 0 Å². The zero-order chi connectivity index (χ0) is 33.5. The molecule has 11 aromatic rings. The van der Waals surface area contributed by atoms with Crippen molar-refractivity contribution < 1.29 is 4.42 Å². The summed E-state index contributed by atoms with van der Waals surface area (Å²) in [7, 11) is 0. The van der Waals surface area contributed by atoms with Crippen LogP contribution < -0.4 is 0 Å². The van der Waals surface area contributed by atoms with Crippen LogP contribution >= 0.6 is 11.3 Å². The number of benzene rings is 7. The van der Waals surface area contributed by atoms with Crippen molar-refractivity contribution in [2.75, 3.05) is 0 Å². The van der Waals surface area contributed by atoms with Crippen LogP contribution in [-0.2, 0) is 0 Å². The lowest BCUT2D eigenvalue weighted by molar-refractivity contribution is 0.673. The van der Waals surface area contributed by atoms with E-state index in [1.54, 1.807) is 11.3 Å². The van der Waals surface area contributed by atoms with Gasteiger partial charge in [0.25, 0.3) is 0 Å². The Morgan fingerprint density at radius 2 is 1.02 bits per heavy atom. The summed E-state index contributed by atoms with van der Waals surface area (Å²) in [5.74, 6) is 1.93. The SMILES string of the molecule is c1ccc(-c2nc(-c3ccccc3)nc(-c3ccc4sc5ccc6c7cc(-n8c9ccccc9c9ccccc98)ccc7oc6c5c4c3)n2)cc1. The van der Waals surface area contributed by atoms with Crippen LogP contribution in [0.2, 0.25) is 0 Å². The third-order valence-corrected chi connectivity index (χ3v) is 11.0. The second kappa shape index (κ2) is 10.9. The van der Waals surface area contributed by atoms with Crippen molar-refractivity contribution >= 4 is 75.3 Å². The average molecular weight is 671 g/mol. The van der Waals surface area contributed by atoms with Crippen molar-refractivity contribution in [3.05, 3.63) is 158 Å². The second-order valence-corrected chi connectivity index (χ2v) is 13.9. The molecule has 0 spiro atoms. The molecule has 0 aliphatic carbocycles. The van der Waals surface area contributed by atoms with E-state index in [-0.39, 0.29) is 0 Å². The molecule has 0 unspecified atom stereocenters. The molecule has 11 rings (SSSR count). The second-order valence-electron chi connectivity index (χ2n) is 12.8. The zero-order valence-electron chi connectivity index (χ0n) is 27.1. The van der Waals surface area contributed by atoms with Crippen molar-refractivity contribution in [2.45, 2.75) is 0 Å². The van der Waals surface area contributed by atoms with Crippen molar-refractivity contribution in [3.8, 4) is 39.9 Å². The van der Waals surface area contributed by atoms with Gasteiger partial charge in [-0.1, -0.05) is 97.1 Å². The fraction of sp³-hybridized carbons (Fsp3) is 0. The average Bonchev–Trinajstić information content (AvgIpc) is 3.87. The molecule has 0 fully saturated rings. The van der Waals surface area contributed by atoms with Crippen LogP contribution in [0.15, 0.2) is 162 Å². The molecule has 0 radical (unpaired) electrons. The summed E-state index contributed by atoms with van der Waals surface area (Å²) in [5, 5.41) is 6.93. The highest BCUT2D eigenvalue weighted by atomic mass is 32.1. The van der Waals surface area contributed by atoms with Gasteiger partial charge in [0.1, 0.15) is 11.2 Å². The molecule has 0 saturated heterocycles. The molecular formula is C45H26N4OS. The quantitative estimate of drug-likeness (QED) is 0.187. The Hall–Kier alpha value is -6.63. The van der Waals surface area contributed by atoms with Gasteiger partial charge in [-0.05, 0) is 60.7 Å². The summed E-state index contributed by atoms with van der Waals surface area (Å²) in [6.07, 6.45) is 0. The lowest BCUT2D eigenvalue weighted by Gasteiger charge is -2.08. The topological polar surface area (TPSA) is 56.7 Å². The Morgan fingerprint density at radius 3 is 1.69 bits per heavy atom. The van der Waals surface area contributed by atoms with E-state index in [2.05, 4.69) is 102 Å². The van der Waals surface area contributed by atoms with Crippen molar-refractivity contribution in [3.63, 3.8) is 0 Å². The van der Waals surface area contributed by atoms with Crippen LogP contribution in [0.25, 0.3) is 104 Å². The minimum Gasteiger partial charge on any atom is -0.455 e. The van der Waals surface area contributed by atoms with Crippen LogP contribution in [0, 0.1) is 0 Å². The maximum Gasteiger partial charge on any atom is 0.164 e. The number of nitrogens with zero attached hydrogens (tertiary/aromatic N) is 4. The molecule has 51 heavy (non-hydrogen) atoms. The van der Waals surface area contributed by atoms with Crippen LogP contribution in [0.5, 0.6) is 0 Å². The number of furan rings is 1. The molecular weight excluding hydrogens is 645 g/mol. The summed E-state index contributed by atoms with van der Waals surface area (Å²) in [6, 6.07) is 54.9. The first kappa shape index (κ1) is 28.2. The Labute approximate surface area is 295 Å². The lowest BCUT2D eigenvalue weighted by Crippen LogP contribution is -2.00. The van der Waals surface area contributed by atoms with E-state index in [0.29, 0.717) is 17.5 Å². The first-order valence-electron chi connectivity index (χ1n) is 16.9. The van der Waals surface area contributed by atoms with E-state index in [1.807, 2.05) is 60.7 Å². The fourth-order valence-electron chi connectivity index (χ4n) is 7.50. The number of thiophene rings is 1. The minimum atomic E-state index is 0.636. The highest BCUT2D eigenvalue weighted by molar-refractivity contribution is 7.26. The van der Waals surface area contributed by atoms with E-state index < -0.39 is 0 Å². The van der Waals surface area contributed by atoms with Crippen molar-refractivity contribution in [1.29, 1.82) is 0 Å². The van der Waals surface area contributed by atoms with Gasteiger partial charge in [0, 0.05) is 64.1 Å². The molecule has 5 nitrogen and oxygen atoms in total. The molecule has 0 aliphatic rings. The fourth-order valence-corrected chi connectivity index (χ4v) is 8.58. The third-order valence-electron chi connectivity index (χ3n) is 9.85. The molecule has 7 aromatic carbocycles. The Balaban J connectivity index is 1.11. The van der Waals surface area contributed by atoms with E-state index in [4.69, 9.17) is 19.4 Å². The number of hydrogen-bond donors (Lipinski definition) is 0. The van der Waals surface area contributed by atoms with Gasteiger partial charge in [-0.2, -0.15) is 0 Å². The molecule has 6 heteroatoms. The van der Waals surface area contributed by atoms with E-state index in [1.165, 1.54) is 31.2 Å². The van der Waals surface area contributed by atoms with Crippen LogP contribution in [0.3, 0.4) is 0 Å². The van der Waals surface area contributed by atoms with Gasteiger partial charge in [-0.15, -0.1) is 11.3 Å². The summed E-state index contributed by atoms with van der Waals surface area (Å²) >= 11 is 1.78. The van der Waals surface area contributed by atoms with E-state index in [0.717, 1.165) is 55.1 Å². The van der Waals surface area contributed by atoms with Crippen LogP contribution in [0.4, 0.5) is 0 Å². The molecule has 0 atom stereocenters. The molecule has 238 valence electrons. The molecule has 0 amide bonds. The highest BCUT2D eigenvalue weighted by Crippen LogP contribution is 2.44. The normalized spacial score (nSPS) is 11.9. The highest BCUT2D eigenvalue weighted by Gasteiger charge is 2.19. The summed E-state index contributed by atoms with van der Waals surface area (Å²) < 4.78 is 11.5. The van der Waals surface area contributed by atoms with Crippen LogP contribution in [0.1, 0.15) is 0 Å². The largest absolute Gasteiger partial charge is 0.455 e. The third kappa shape index (κ3) is 4.37. The standard InChI is InChI=1S/C45H26N4OS/c1-3-11-27(12-4-1)43-46-44(28-13-5-2-6-14-28)48-45(47-43)29-19-23-39-35(25-29)41-40(51-39)24-21-33-34-26-30(20-22-38(34)50-42(33)41)49-36-17-9-7-15-31(36)32-16-8-10-18-37(32)49/h1-26H. The van der Waals surface area contributed by atoms with Gasteiger partial charge in [0.15, 0.2) is 17.5 Å². The number of fused-ring (bicyclic) bond motifs is 10. The monoisotopic (exact) mass is 670 g/mol. The summed E-state index contributed by atoms with van der Waals surface area (Å²) in [6.45, 7) is 0. The molecule has 0 aliphatic heterocycles. The zero-order valence-corrected chi connectivity index (χ0v) is 27.9. The maximum atomic E-state index is 6.74. The van der Waals surface area contributed by atoms with Crippen LogP contribution in [-0.4, -0.2) is 19.5 Å². The van der Waals surface area contributed by atoms with Gasteiger partial charge in [-0.25, -0.2) is 15.0 Å². The Morgan fingerprint density at radius 1 is 0.431 bits per heavy atom. The maximum absolute atomic E-state index is 6.74. The van der Waals surface area contributed by atoms with E-state index in [9.17, 15) is 0 Å². The first-order valence-corrected chi connectivity index (χ1v) is 17.8. The van der Waals surface area contributed by atoms with Gasteiger partial charge >= 0.3 is 0 Å². The number of rotatable bonds is 4. The predicted octanol–water partition coefficient (Wildman–Crippen LogP) is 12.2. The first-order chi connectivity index (χ1) is 25.3. The molecule has 0 bridgehead atoms. The summed E-state index contributed by atoms with van der Waals surface area (Å²) in [5.41, 5.74) is 8.09. The van der Waals surface area contributed by atoms with Gasteiger partial charge in [-0.3, -0.25) is 0 Å². The molecule has 0 N–H and O–H groups in total. The number of aromatic nitrogens is 4. The molecule has 0 saturated carbocycles. The van der Waals surface area contributed by atoms with Gasteiger partial charge < -0.3 is 8.98 Å². The summed E-state index contributed by atoms with van der Waals surface area (Å²) in [4.78, 5) is 14.9. The minimum absolute atomic E-state index is 0.636. The van der Waals surface area contributed by atoms with Crippen molar-refractivity contribution in [1.82, 2.24) is 19.5 Å². The predicted molar refractivity (Wildman–Crippen MR) is 211 cm³/mol.